The van der Waals surface area contributed by atoms with Gasteiger partial charge in [0.25, 0.3) is 5.91 Å². The van der Waals surface area contributed by atoms with Gasteiger partial charge in [-0.25, -0.2) is 0 Å². The second-order valence-electron chi connectivity index (χ2n) is 5.65. The van der Waals surface area contributed by atoms with Gasteiger partial charge in [-0.1, -0.05) is 11.6 Å². The van der Waals surface area contributed by atoms with Gasteiger partial charge >= 0.3 is 0 Å². The normalized spacial score (nSPS) is 22.7. The Kier molecular flexibility index (Phi) is 3.83. The summed E-state index contributed by atoms with van der Waals surface area (Å²) >= 11 is 7.28. The average molecular weight is 299 g/mol. The molecule has 0 aromatic carbocycles. The van der Waals surface area contributed by atoms with Gasteiger partial charge in [0, 0.05) is 13.1 Å². The molecular weight excluding hydrogens is 280 g/mol. The van der Waals surface area contributed by atoms with Crippen molar-refractivity contribution < 1.29 is 4.79 Å². The molecule has 19 heavy (non-hydrogen) atoms. The Morgan fingerprint density at radius 1 is 1.21 bits per heavy atom. The molecule has 1 aromatic rings. The molecule has 104 valence electrons. The van der Waals surface area contributed by atoms with Crippen LogP contribution in [0.3, 0.4) is 0 Å². The van der Waals surface area contributed by atoms with E-state index in [1.165, 1.54) is 24.2 Å². The molecule has 3 nitrogen and oxygen atoms in total. The molecular formula is C14H19ClN2OS. The van der Waals surface area contributed by atoms with Gasteiger partial charge in [0.15, 0.2) is 0 Å². The van der Waals surface area contributed by atoms with E-state index in [1.54, 1.807) is 6.07 Å². The summed E-state index contributed by atoms with van der Waals surface area (Å²) in [5.74, 6) is 0.153. The van der Waals surface area contributed by atoms with Gasteiger partial charge in [-0.3, -0.25) is 4.79 Å². The van der Waals surface area contributed by atoms with Gasteiger partial charge < -0.3 is 10.2 Å². The summed E-state index contributed by atoms with van der Waals surface area (Å²) in [6, 6.07) is 3.64. The highest BCUT2D eigenvalue weighted by atomic mass is 35.5. The third-order valence-corrected chi connectivity index (χ3v) is 5.78. The topological polar surface area (TPSA) is 32.3 Å². The second-order valence-corrected chi connectivity index (χ2v) is 7.36. The first-order chi connectivity index (χ1) is 9.19. The Balaban J connectivity index is 1.62. The highest BCUT2D eigenvalue weighted by Crippen LogP contribution is 2.39. The van der Waals surface area contributed by atoms with E-state index >= 15 is 0 Å². The van der Waals surface area contributed by atoms with Crippen LogP contribution in [0.5, 0.6) is 0 Å². The van der Waals surface area contributed by atoms with Crippen LogP contribution in [0.25, 0.3) is 0 Å². The Labute approximate surface area is 122 Å². The minimum Gasteiger partial charge on any atom is -0.338 e. The lowest BCUT2D eigenvalue weighted by Crippen LogP contribution is -2.47. The summed E-state index contributed by atoms with van der Waals surface area (Å²) in [5, 5.41) is 3.43. The van der Waals surface area contributed by atoms with E-state index in [-0.39, 0.29) is 5.91 Å². The van der Waals surface area contributed by atoms with Crippen LogP contribution < -0.4 is 5.32 Å². The summed E-state index contributed by atoms with van der Waals surface area (Å²) in [7, 11) is 0. The maximum atomic E-state index is 12.3. The van der Waals surface area contributed by atoms with E-state index in [9.17, 15) is 4.79 Å². The molecule has 0 saturated carbocycles. The second kappa shape index (κ2) is 5.43. The Morgan fingerprint density at radius 2 is 1.89 bits per heavy atom. The molecule has 1 aromatic heterocycles. The Hall–Kier alpha value is -0.580. The van der Waals surface area contributed by atoms with Crippen LogP contribution in [-0.2, 0) is 0 Å². The standard InChI is InChI=1S/C14H19ClN2OS/c15-12-2-1-11(19-12)13(18)17-9-5-14(6-10-17)3-7-16-8-4-14/h1-2,16H,3-10H2. The van der Waals surface area contributed by atoms with Gasteiger partial charge in [-0.05, 0) is 56.3 Å². The van der Waals surface area contributed by atoms with Gasteiger partial charge in [-0.15, -0.1) is 11.3 Å². The molecule has 2 fully saturated rings. The number of halogens is 1. The van der Waals surface area contributed by atoms with Crippen molar-refractivity contribution in [3.63, 3.8) is 0 Å². The number of nitrogens with one attached hydrogen (secondary N) is 1. The molecule has 0 aliphatic carbocycles. The van der Waals surface area contributed by atoms with Gasteiger partial charge in [0.05, 0.1) is 9.21 Å². The summed E-state index contributed by atoms with van der Waals surface area (Å²) in [6.07, 6.45) is 4.83. The smallest absolute Gasteiger partial charge is 0.263 e. The van der Waals surface area contributed by atoms with Crippen molar-refractivity contribution in [1.82, 2.24) is 10.2 Å². The van der Waals surface area contributed by atoms with Crippen LogP contribution in [-0.4, -0.2) is 37.0 Å². The fraction of sp³-hybridized carbons (Fsp3) is 0.643. The molecule has 1 spiro atoms. The summed E-state index contributed by atoms with van der Waals surface area (Å²) in [6.45, 7) is 4.06. The lowest BCUT2D eigenvalue weighted by Gasteiger charge is -2.44. The molecule has 2 saturated heterocycles. The van der Waals surface area contributed by atoms with Crippen LogP contribution in [0.2, 0.25) is 4.34 Å². The Bertz CT molecular complexity index is 458. The number of carbonyl (C=O) groups is 1. The zero-order chi connectivity index (χ0) is 13.3. The first-order valence-electron chi connectivity index (χ1n) is 6.94. The van der Waals surface area contributed by atoms with Crippen molar-refractivity contribution in [2.45, 2.75) is 25.7 Å². The van der Waals surface area contributed by atoms with Gasteiger partial charge in [0.1, 0.15) is 0 Å². The highest BCUT2D eigenvalue weighted by Gasteiger charge is 2.36. The fourth-order valence-corrected chi connectivity index (χ4v) is 4.24. The molecule has 0 bridgehead atoms. The van der Waals surface area contributed by atoms with Gasteiger partial charge in [-0.2, -0.15) is 0 Å². The number of nitrogens with zero attached hydrogens (tertiary/aromatic N) is 1. The first kappa shape index (κ1) is 13.4. The third-order valence-electron chi connectivity index (χ3n) is 4.56. The van der Waals surface area contributed by atoms with E-state index in [2.05, 4.69) is 5.32 Å². The molecule has 5 heteroatoms. The van der Waals surface area contributed by atoms with E-state index < -0.39 is 0 Å². The monoisotopic (exact) mass is 298 g/mol. The number of amides is 1. The molecule has 0 unspecified atom stereocenters. The van der Waals surface area contributed by atoms with Crippen LogP contribution in [0.15, 0.2) is 12.1 Å². The molecule has 3 rings (SSSR count). The molecule has 1 N–H and O–H groups in total. The predicted octanol–water partition coefficient (Wildman–Crippen LogP) is 3.01. The molecule has 0 radical (unpaired) electrons. The average Bonchev–Trinajstić information content (AvgIpc) is 2.87. The number of carbonyl (C=O) groups excluding carboxylic acids is 1. The lowest BCUT2D eigenvalue weighted by molar-refractivity contribution is 0.0500. The zero-order valence-electron chi connectivity index (χ0n) is 11.0. The number of likely N-dealkylation sites (tertiary alicyclic amines) is 1. The zero-order valence-corrected chi connectivity index (χ0v) is 12.5. The maximum absolute atomic E-state index is 12.3. The maximum Gasteiger partial charge on any atom is 0.263 e. The minimum absolute atomic E-state index is 0.153. The number of rotatable bonds is 1. The van der Waals surface area contributed by atoms with Crippen molar-refractivity contribution in [1.29, 1.82) is 0 Å². The number of hydrogen-bond acceptors (Lipinski definition) is 3. The molecule has 2 aliphatic heterocycles. The number of hydrogen-bond donors (Lipinski definition) is 1. The molecule has 1 amide bonds. The fourth-order valence-electron chi connectivity index (χ4n) is 3.23. The quantitative estimate of drug-likeness (QED) is 0.864. The number of piperidine rings is 2. The molecule has 0 atom stereocenters. The summed E-state index contributed by atoms with van der Waals surface area (Å²) in [4.78, 5) is 15.1. The van der Waals surface area contributed by atoms with Crippen LogP contribution >= 0.6 is 22.9 Å². The van der Waals surface area contributed by atoms with Crippen molar-refractivity contribution in [3.05, 3.63) is 21.3 Å². The van der Waals surface area contributed by atoms with Crippen molar-refractivity contribution in [2.75, 3.05) is 26.2 Å². The van der Waals surface area contributed by atoms with E-state index in [0.717, 1.165) is 43.9 Å². The summed E-state index contributed by atoms with van der Waals surface area (Å²) in [5.41, 5.74) is 0.495. The SMILES string of the molecule is O=C(c1ccc(Cl)s1)N1CCC2(CCNCC2)CC1. The molecule has 2 aliphatic rings. The van der Waals surface area contributed by atoms with E-state index in [1.807, 2.05) is 11.0 Å². The van der Waals surface area contributed by atoms with Crippen LogP contribution in [0.4, 0.5) is 0 Å². The molecule has 3 heterocycles. The number of thiophene rings is 1. The van der Waals surface area contributed by atoms with E-state index in [4.69, 9.17) is 11.6 Å². The minimum atomic E-state index is 0.153. The lowest BCUT2D eigenvalue weighted by atomic mass is 9.71. The third kappa shape index (κ3) is 2.81. The van der Waals surface area contributed by atoms with Crippen molar-refractivity contribution in [3.8, 4) is 0 Å². The van der Waals surface area contributed by atoms with Crippen LogP contribution in [0, 0.1) is 5.41 Å². The van der Waals surface area contributed by atoms with Crippen molar-refractivity contribution in [2.24, 2.45) is 5.41 Å². The first-order valence-corrected chi connectivity index (χ1v) is 8.13. The van der Waals surface area contributed by atoms with Crippen LogP contribution in [0.1, 0.15) is 35.4 Å². The summed E-state index contributed by atoms with van der Waals surface area (Å²) < 4.78 is 0.690. The van der Waals surface area contributed by atoms with Gasteiger partial charge in [0.2, 0.25) is 0 Å². The predicted molar refractivity (Wildman–Crippen MR) is 79.0 cm³/mol. The Morgan fingerprint density at radius 3 is 2.47 bits per heavy atom. The van der Waals surface area contributed by atoms with Crippen molar-refractivity contribution >= 4 is 28.8 Å². The van der Waals surface area contributed by atoms with E-state index in [0.29, 0.717) is 9.75 Å². The largest absolute Gasteiger partial charge is 0.338 e. The highest BCUT2D eigenvalue weighted by molar-refractivity contribution is 7.17.